The van der Waals surface area contributed by atoms with Gasteiger partial charge in [-0.1, -0.05) is 0 Å². The first-order valence-corrected chi connectivity index (χ1v) is 6.67. The van der Waals surface area contributed by atoms with Gasteiger partial charge < -0.3 is 5.73 Å². The summed E-state index contributed by atoms with van der Waals surface area (Å²) in [6, 6.07) is 5.13. The highest BCUT2D eigenvalue weighted by Gasteiger charge is 2.13. The van der Waals surface area contributed by atoms with Gasteiger partial charge in [0.1, 0.15) is 11.6 Å². The molecular weight excluding hydrogens is 308 g/mol. The van der Waals surface area contributed by atoms with E-state index in [4.69, 9.17) is 5.73 Å². The Morgan fingerprint density at radius 2 is 1.88 bits per heavy atom. The molecule has 2 rings (SSSR count). The molecule has 0 fully saturated rings. The van der Waals surface area contributed by atoms with E-state index < -0.39 is 11.6 Å². The maximum Gasteiger partial charge on any atom is 0.126 e. The molecule has 0 aliphatic rings. The number of nitrogens with two attached hydrogens (primary N) is 1. The third-order valence-corrected chi connectivity index (χ3v) is 4.36. The average molecular weight is 318 g/mol. The molecule has 1 heterocycles. The maximum atomic E-state index is 13.0. The third kappa shape index (κ3) is 3.12. The number of hydrogen-bond donors (Lipinski definition) is 1. The first-order valence-electron chi connectivity index (χ1n) is 4.99. The second-order valence-electron chi connectivity index (χ2n) is 3.72. The normalized spacial score (nSPS) is 12.7. The Labute approximate surface area is 110 Å². The van der Waals surface area contributed by atoms with Crippen molar-refractivity contribution < 1.29 is 8.78 Å². The second kappa shape index (κ2) is 5.25. The molecule has 1 atom stereocenters. The summed E-state index contributed by atoms with van der Waals surface area (Å²) in [5.74, 6) is -1.14. The molecule has 17 heavy (non-hydrogen) atoms. The molecular formula is C12H10BrF2NS. The molecule has 0 spiro atoms. The third-order valence-electron chi connectivity index (χ3n) is 2.36. The van der Waals surface area contributed by atoms with Crippen LogP contribution in [0.2, 0.25) is 0 Å². The molecule has 2 N–H and O–H groups in total. The van der Waals surface area contributed by atoms with Gasteiger partial charge in [-0.25, -0.2) is 8.78 Å². The zero-order valence-electron chi connectivity index (χ0n) is 8.79. The Kier molecular flexibility index (Phi) is 3.91. The first-order chi connectivity index (χ1) is 8.06. The number of benzene rings is 1. The van der Waals surface area contributed by atoms with Gasteiger partial charge in [0.05, 0.1) is 0 Å². The van der Waals surface area contributed by atoms with E-state index in [-0.39, 0.29) is 6.04 Å². The summed E-state index contributed by atoms with van der Waals surface area (Å²) >= 11 is 4.92. The topological polar surface area (TPSA) is 26.0 Å². The zero-order chi connectivity index (χ0) is 12.4. The smallest absolute Gasteiger partial charge is 0.126 e. The zero-order valence-corrected chi connectivity index (χ0v) is 11.2. The van der Waals surface area contributed by atoms with Crippen molar-refractivity contribution in [2.75, 3.05) is 0 Å². The first kappa shape index (κ1) is 12.7. The van der Waals surface area contributed by atoms with Crippen molar-refractivity contribution in [2.24, 2.45) is 5.73 Å². The molecule has 0 saturated heterocycles. The van der Waals surface area contributed by atoms with Gasteiger partial charge in [0.2, 0.25) is 0 Å². The van der Waals surface area contributed by atoms with Crippen LogP contribution in [0.25, 0.3) is 0 Å². The van der Waals surface area contributed by atoms with Crippen LogP contribution in [0.1, 0.15) is 16.5 Å². The van der Waals surface area contributed by atoms with Crippen LogP contribution in [0, 0.1) is 11.6 Å². The molecule has 5 heteroatoms. The molecule has 0 aliphatic carbocycles. The largest absolute Gasteiger partial charge is 0.323 e. The predicted molar refractivity (Wildman–Crippen MR) is 69.0 cm³/mol. The summed E-state index contributed by atoms with van der Waals surface area (Å²) in [7, 11) is 0. The van der Waals surface area contributed by atoms with E-state index in [2.05, 4.69) is 15.9 Å². The van der Waals surface area contributed by atoms with E-state index in [1.165, 1.54) is 23.5 Å². The lowest BCUT2D eigenvalue weighted by Gasteiger charge is -2.10. The molecule has 1 aromatic carbocycles. The van der Waals surface area contributed by atoms with Gasteiger partial charge in [-0.15, -0.1) is 11.3 Å². The van der Waals surface area contributed by atoms with Crippen molar-refractivity contribution in [1.82, 2.24) is 0 Å². The minimum absolute atomic E-state index is 0.259. The molecule has 2 aromatic rings. The van der Waals surface area contributed by atoms with Gasteiger partial charge in [0, 0.05) is 21.5 Å². The monoisotopic (exact) mass is 317 g/mol. The van der Waals surface area contributed by atoms with Gasteiger partial charge in [-0.05, 0) is 51.5 Å². The summed E-state index contributed by atoms with van der Waals surface area (Å²) in [5, 5.41) is 1.92. The van der Waals surface area contributed by atoms with E-state index >= 15 is 0 Å². The maximum absolute atomic E-state index is 13.0. The van der Waals surface area contributed by atoms with Crippen LogP contribution in [0.3, 0.4) is 0 Å². The fraction of sp³-hybridized carbons (Fsp3) is 0.167. The fourth-order valence-corrected chi connectivity index (χ4v) is 3.32. The Morgan fingerprint density at radius 3 is 2.41 bits per heavy atom. The number of hydrogen-bond acceptors (Lipinski definition) is 2. The molecule has 0 aliphatic heterocycles. The number of rotatable bonds is 3. The van der Waals surface area contributed by atoms with Gasteiger partial charge >= 0.3 is 0 Å². The standard InChI is InChI=1S/C12H10BrF2NS/c13-10-1-2-17-12(10)11(16)5-7-3-8(14)6-9(15)4-7/h1-4,6,11H,5,16H2. The summed E-state index contributed by atoms with van der Waals surface area (Å²) < 4.78 is 27.0. The van der Waals surface area contributed by atoms with Crippen LogP contribution in [0.15, 0.2) is 34.1 Å². The second-order valence-corrected chi connectivity index (χ2v) is 5.52. The van der Waals surface area contributed by atoms with Crippen LogP contribution in [0.4, 0.5) is 8.78 Å². The van der Waals surface area contributed by atoms with Crippen molar-refractivity contribution in [3.63, 3.8) is 0 Å². The molecule has 0 radical (unpaired) electrons. The minimum Gasteiger partial charge on any atom is -0.323 e. The van der Waals surface area contributed by atoms with Gasteiger partial charge in [0.25, 0.3) is 0 Å². The van der Waals surface area contributed by atoms with Crippen molar-refractivity contribution in [3.8, 4) is 0 Å². The molecule has 1 aromatic heterocycles. The fourth-order valence-electron chi connectivity index (χ4n) is 1.65. The molecule has 1 nitrogen and oxygen atoms in total. The predicted octanol–water partition coefficient (Wildman–Crippen LogP) is 4.03. The molecule has 1 unspecified atom stereocenters. The van der Waals surface area contributed by atoms with E-state index in [1.807, 2.05) is 11.4 Å². The van der Waals surface area contributed by atoms with E-state index in [0.717, 1.165) is 15.4 Å². The lowest BCUT2D eigenvalue weighted by Crippen LogP contribution is -2.12. The minimum atomic E-state index is -0.572. The highest BCUT2D eigenvalue weighted by atomic mass is 79.9. The van der Waals surface area contributed by atoms with Gasteiger partial charge in [-0.3, -0.25) is 0 Å². The lowest BCUT2D eigenvalue weighted by molar-refractivity contribution is 0.576. The van der Waals surface area contributed by atoms with Gasteiger partial charge in [0.15, 0.2) is 0 Å². The van der Waals surface area contributed by atoms with Crippen molar-refractivity contribution in [3.05, 3.63) is 56.2 Å². The van der Waals surface area contributed by atoms with Crippen LogP contribution < -0.4 is 5.73 Å². The Morgan fingerprint density at radius 1 is 1.24 bits per heavy atom. The van der Waals surface area contributed by atoms with E-state index in [9.17, 15) is 8.78 Å². The molecule has 90 valence electrons. The van der Waals surface area contributed by atoms with Crippen LogP contribution in [-0.4, -0.2) is 0 Å². The highest BCUT2D eigenvalue weighted by Crippen LogP contribution is 2.29. The SMILES string of the molecule is NC(Cc1cc(F)cc(F)c1)c1sccc1Br. The average Bonchev–Trinajstić information content (AvgIpc) is 2.62. The summed E-state index contributed by atoms with van der Waals surface area (Å²) in [4.78, 5) is 0.981. The van der Waals surface area contributed by atoms with E-state index in [1.54, 1.807) is 0 Å². The quantitative estimate of drug-likeness (QED) is 0.908. The van der Waals surface area contributed by atoms with Gasteiger partial charge in [-0.2, -0.15) is 0 Å². The highest BCUT2D eigenvalue weighted by molar-refractivity contribution is 9.10. The summed E-state index contributed by atoms with van der Waals surface area (Å²) in [6.45, 7) is 0. The van der Waals surface area contributed by atoms with Crippen molar-refractivity contribution in [1.29, 1.82) is 0 Å². The van der Waals surface area contributed by atoms with E-state index in [0.29, 0.717) is 12.0 Å². The molecule has 0 saturated carbocycles. The van der Waals surface area contributed by atoms with Crippen LogP contribution in [-0.2, 0) is 6.42 Å². The van der Waals surface area contributed by atoms with Crippen molar-refractivity contribution >= 4 is 27.3 Å². The summed E-state index contributed by atoms with van der Waals surface area (Å²) in [6.07, 6.45) is 0.411. The Hall–Kier alpha value is -0.780. The van der Waals surface area contributed by atoms with Crippen molar-refractivity contribution in [2.45, 2.75) is 12.5 Å². The Balaban J connectivity index is 2.18. The molecule has 0 amide bonds. The summed E-state index contributed by atoms with van der Waals surface area (Å²) in [5.41, 5.74) is 6.57. The Bertz CT molecular complexity index is 507. The van der Waals surface area contributed by atoms with Crippen LogP contribution >= 0.6 is 27.3 Å². The molecule has 0 bridgehead atoms. The lowest BCUT2D eigenvalue weighted by atomic mass is 10.1. The van der Waals surface area contributed by atoms with Crippen LogP contribution in [0.5, 0.6) is 0 Å². The number of halogens is 3. The number of thiophene rings is 1.